The molecule has 0 aliphatic carbocycles. The average Bonchev–Trinajstić information content (AvgIpc) is 2.68. The maximum Gasteiger partial charge on any atom is 0.245 e. The van der Waals surface area contributed by atoms with E-state index in [2.05, 4.69) is 29.3 Å². The van der Waals surface area contributed by atoms with Gasteiger partial charge in [0.1, 0.15) is 6.04 Å². The zero-order valence-electron chi connectivity index (χ0n) is 14.5. The van der Waals surface area contributed by atoms with Gasteiger partial charge in [0.2, 0.25) is 5.91 Å². The van der Waals surface area contributed by atoms with Crippen LogP contribution in [0.25, 0.3) is 0 Å². The predicted molar refractivity (Wildman–Crippen MR) is 99.2 cm³/mol. The van der Waals surface area contributed by atoms with E-state index >= 15 is 0 Å². The van der Waals surface area contributed by atoms with E-state index < -0.39 is 6.04 Å². The second-order valence-electron chi connectivity index (χ2n) is 6.32. The highest BCUT2D eigenvalue weighted by molar-refractivity contribution is 5.95. The lowest BCUT2D eigenvalue weighted by Crippen LogP contribution is -2.38. The SMILES string of the molecule is CC(c1ccc(NC(=O)C(N)c2ccccc2)cc1)N1CCOCC1. The van der Waals surface area contributed by atoms with Crippen LogP contribution < -0.4 is 11.1 Å². The van der Waals surface area contributed by atoms with Crippen LogP contribution in [0.15, 0.2) is 54.6 Å². The first-order valence-electron chi connectivity index (χ1n) is 8.68. The van der Waals surface area contributed by atoms with E-state index in [4.69, 9.17) is 10.5 Å². The highest BCUT2D eigenvalue weighted by Crippen LogP contribution is 2.23. The first-order chi connectivity index (χ1) is 12.1. The van der Waals surface area contributed by atoms with Crippen molar-refractivity contribution in [1.29, 1.82) is 0 Å². The third-order valence-corrected chi connectivity index (χ3v) is 4.70. The number of hydrogen-bond donors (Lipinski definition) is 2. The Labute approximate surface area is 148 Å². The zero-order chi connectivity index (χ0) is 17.6. The molecule has 2 aromatic rings. The quantitative estimate of drug-likeness (QED) is 0.879. The number of carbonyl (C=O) groups is 1. The average molecular weight is 339 g/mol. The first kappa shape index (κ1) is 17.6. The molecular formula is C20H25N3O2. The van der Waals surface area contributed by atoms with E-state index in [-0.39, 0.29) is 5.91 Å². The van der Waals surface area contributed by atoms with Crippen molar-refractivity contribution in [2.75, 3.05) is 31.6 Å². The molecular weight excluding hydrogens is 314 g/mol. The van der Waals surface area contributed by atoms with Crippen molar-refractivity contribution >= 4 is 11.6 Å². The number of ether oxygens (including phenoxy) is 1. The third-order valence-electron chi connectivity index (χ3n) is 4.70. The summed E-state index contributed by atoms with van der Waals surface area (Å²) in [6.07, 6.45) is 0. The number of nitrogens with one attached hydrogen (secondary N) is 1. The predicted octanol–water partition coefficient (Wildman–Crippen LogP) is 2.72. The number of carbonyl (C=O) groups excluding carboxylic acids is 1. The molecule has 1 aliphatic heterocycles. The summed E-state index contributed by atoms with van der Waals surface area (Å²) < 4.78 is 5.41. The van der Waals surface area contributed by atoms with Gasteiger partial charge in [-0.1, -0.05) is 42.5 Å². The Morgan fingerprint density at radius 1 is 1.04 bits per heavy atom. The van der Waals surface area contributed by atoms with Gasteiger partial charge in [0.15, 0.2) is 0 Å². The maximum absolute atomic E-state index is 12.3. The second kappa shape index (κ2) is 8.25. The van der Waals surface area contributed by atoms with Gasteiger partial charge in [-0.25, -0.2) is 0 Å². The highest BCUT2D eigenvalue weighted by atomic mass is 16.5. The Morgan fingerprint density at radius 2 is 1.68 bits per heavy atom. The molecule has 0 bridgehead atoms. The monoisotopic (exact) mass is 339 g/mol. The van der Waals surface area contributed by atoms with Crippen LogP contribution in [0.2, 0.25) is 0 Å². The van der Waals surface area contributed by atoms with Crippen molar-refractivity contribution in [3.8, 4) is 0 Å². The minimum absolute atomic E-state index is 0.208. The zero-order valence-corrected chi connectivity index (χ0v) is 14.5. The largest absolute Gasteiger partial charge is 0.379 e. The number of amides is 1. The maximum atomic E-state index is 12.3. The topological polar surface area (TPSA) is 67.6 Å². The van der Waals surface area contributed by atoms with Crippen molar-refractivity contribution in [3.63, 3.8) is 0 Å². The van der Waals surface area contributed by atoms with Crippen molar-refractivity contribution < 1.29 is 9.53 Å². The molecule has 0 aromatic heterocycles. The molecule has 2 atom stereocenters. The van der Waals surface area contributed by atoms with Gasteiger partial charge in [0, 0.05) is 24.8 Å². The molecule has 2 aromatic carbocycles. The van der Waals surface area contributed by atoms with E-state index in [1.807, 2.05) is 42.5 Å². The minimum atomic E-state index is -0.673. The molecule has 0 radical (unpaired) electrons. The molecule has 3 rings (SSSR count). The van der Waals surface area contributed by atoms with Crippen LogP contribution >= 0.6 is 0 Å². The van der Waals surface area contributed by atoms with E-state index in [0.717, 1.165) is 37.6 Å². The molecule has 132 valence electrons. The van der Waals surface area contributed by atoms with Crippen molar-refractivity contribution in [3.05, 3.63) is 65.7 Å². The standard InChI is InChI=1S/C20H25N3O2/c1-15(23-11-13-25-14-12-23)16-7-9-18(10-8-16)22-20(24)19(21)17-5-3-2-4-6-17/h2-10,15,19H,11-14,21H2,1H3,(H,22,24). The van der Waals surface area contributed by atoms with Crippen LogP contribution in [0.5, 0.6) is 0 Å². The van der Waals surface area contributed by atoms with E-state index in [1.165, 1.54) is 5.56 Å². The number of hydrogen-bond acceptors (Lipinski definition) is 4. The summed E-state index contributed by atoms with van der Waals surface area (Å²) in [4.78, 5) is 14.7. The fourth-order valence-electron chi connectivity index (χ4n) is 3.05. The Morgan fingerprint density at radius 3 is 2.32 bits per heavy atom. The number of nitrogens with two attached hydrogens (primary N) is 1. The molecule has 1 heterocycles. The summed E-state index contributed by atoms with van der Waals surface area (Å²) in [6, 6.07) is 17.0. The highest BCUT2D eigenvalue weighted by Gasteiger charge is 2.19. The summed E-state index contributed by atoms with van der Waals surface area (Å²) in [5.74, 6) is -0.208. The molecule has 1 aliphatic rings. The lowest BCUT2D eigenvalue weighted by Gasteiger charge is -2.32. The van der Waals surface area contributed by atoms with Gasteiger partial charge in [0.25, 0.3) is 0 Å². The summed E-state index contributed by atoms with van der Waals surface area (Å²) in [5.41, 5.74) is 8.82. The van der Waals surface area contributed by atoms with Crippen LogP contribution in [0.1, 0.15) is 30.1 Å². The van der Waals surface area contributed by atoms with Gasteiger partial charge in [-0.3, -0.25) is 9.69 Å². The van der Waals surface area contributed by atoms with Crippen molar-refractivity contribution in [1.82, 2.24) is 4.90 Å². The van der Waals surface area contributed by atoms with E-state index in [1.54, 1.807) is 0 Å². The molecule has 1 saturated heterocycles. The lowest BCUT2D eigenvalue weighted by molar-refractivity contribution is -0.117. The van der Waals surface area contributed by atoms with Crippen LogP contribution in [-0.2, 0) is 9.53 Å². The number of anilines is 1. The first-order valence-corrected chi connectivity index (χ1v) is 8.68. The molecule has 5 nitrogen and oxygen atoms in total. The van der Waals surface area contributed by atoms with Crippen LogP contribution in [0, 0.1) is 0 Å². The number of nitrogens with zero attached hydrogens (tertiary/aromatic N) is 1. The summed E-state index contributed by atoms with van der Waals surface area (Å²) in [6.45, 7) is 5.67. The van der Waals surface area contributed by atoms with Gasteiger partial charge in [-0.15, -0.1) is 0 Å². The van der Waals surface area contributed by atoms with Crippen LogP contribution in [0.4, 0.5) is 5.69 Å². The Balaban J connectivity index is 1.61. The van der Waals surface area contributed by atoms with E-state index in [0.29, 0.717) is 6.04 Å². The van der Waals surface area contributed by atoms with E-state index in [9.17, 15) is 4.79 Å². The smallest absolute Gasteiger partial charge is 0.245 e. The van der Waals surface area contributed by atoms with Gasteiger partial charge in [-0.05, 0) is 30.2 Å². The Kier molecular flexibility index (Phi) is 5.81. The van der Waals surface area contributed by atoms with Crippen molar-refractivity contribution in [2.24, 2.45) is 5.73 Å². The minimum Gasteiger partial charge on any atom is -0.379 e. The summed E-state index contributed by atoms with van der Waals surface area (Å²) in [7, 11) is 0. The summed E-state index contributed by atoms with van der Waals surface area (Å²) in [5, 5.41) is 2.89. The molecule has 0 spiro atoms. The van der Waals surface area contributed by atoms with Crippen LogP contribution in [-0.4, -0.2) is 37.1 Å². The normalized spacial score (nSPS) is 17.7. The third kappa shape index (κ3) is 4.45. The van der Waals surface area contributed by atoms with Gasteiger partial charge in [0.05, 0.1) is 13.2 Å². The van der Waals surface area contributed by atoms with Gasteiger partial charge < -0.3 is 15.8 Å². The number of benzene rings is 2. The number of morpholine rings is 1. The lowest BCUT2D eigenvalue weighted by atomic mass is 10.1. The fourth-order valence-corrected chi connectivity index (χ4v) is 3.05. The molecule has 25 heavy (non-hydrogen) atoms. The Hall–Kier alpha value is -2.21. The summed E-state index contributed by atoms with van der Waals surface area (Å²) >= 11 is 0. The molecule has 2 unspecified atom stereocenters. The Bertz CT molecular complexity index is 682. The molecule has 3 N–H and O–H groups in total. The molecule has 0 saturated carbocycles. The van der Waals surface area contributed by atoms with Gasteiger partial charge in [-0.2, -0.15) is 0 Å². The second-order valence-corrected chi connectivity index (χ2v) is 6.32. The number of rotatable bonds is 5. The molecule has 1 fully saturated rings. The molecule has 1 amide bonds. The van der Waals surface area contributed by atoms with Crippen molar-refractivity contribution in [2.45, 2.75) is 19.0 Å². The molecule has 5 heteroatoms. The van der Waals surface area contributed by atoms with Crippen LogP contribution in [0.3, 0.4) is 0 Å². The van der Waals surface area contributed by atoms with Gasteiger partial charge >= 0.3 is 0 Å². The fraction of sp³-hybridized carbons (Fsp3) is 0.350.